The smallest absolute Gasteiger partial charge is 0.138 e. The van der Waals surface area contributed by atoms with E-state index in [1.54, 1.807) is 13.4 Å². The van der Waals surface area contributed by atoms with Gasteiger partial charge in [0.05, 0.1) is 6.10 Å². The molecule has 1 rings (SSSR count). The quantitative estimate of drug-likeness (QED) is 0.778. The lowest BCUT2D eigenvalue weighted by Gasteiger charge is -2.21. The van der Waals surface area contributed by atoms with Gasteiger partial charge in [-0.25, -0.2) is 9.67 Å². The summed E-state index contributed by atoms with van der Waals surface area (Å²) in [6, 6.07) is -0.0277. The second-order valence-corrected chi connectivity index (χ2v) is 4.80. The molecule has 0 bridgehead atoms. The molecule has 2 atom stereocenters. The first kappa shape index (κ1) is 14.1. The van der Waals surface area contributed by atoms with Crippen LogP contribution in [0.1, 0.15) is 33.0 Å². The second kappa shape index (κ2) is 6.71. The molecular weight excluding hydrogens is 216 g/mol. The summed E-state index contributed by atoms with van der Waals surface area (Å²) in [5, 5.41) is 4.23. The zero-order chi connectivity index (χ0) is 12.8. The molecule has 5 nitrogen and oxygen atoms in total. The molecule has 2 unspecified atom stereocenters. The summed E-state index contributed by atoms with van der Waals surface area (Å²) in [5.74, 6) is 1.50. The van der Waals surface area contributed by atoms with Gasteiger partial charge >= 0.3 is 0 Å². The summed E-state index contributed by atoms with van der Waals surface area (Å²) in [6.45, 7) is 7.28. The maximum Gasteiger partial charge on any atom is 0.138 e. The zero-order valence-electron chi connectivity index (χ0n) is 11.3. The number of nitrogens with two attached hydrogens (primary N) is 1. The molecule has 0 aromatic carbocycles. The van der Waals surface area contributed by atoms with Crippen molar-refractivity contribution in [3.05, 3.63) is 12.2 Å². The van der Waals surface area contributed by atoms with Crippen molar-refractivity contribution >= 4 is 0 Å². The van der Waals surface area contributed by atoms with Crippen LogP contribution in [0.4, 0.5) is 0 Å². The SMILES string of the molecule is CCC(OC)C(N)Cc1ncnn1CC(C)C. The summed E-state index contributed by atoms with van der Waals surface area (Å²) in [4.78, 5) is 4.28. The molecule has 0 aliphatic heterocycles. The Morgan fingerprint density at radius 2 is 2.18 bits per heavy atom. The minimum Gasteiger partial charge on any atom is -0.380 e. The molecule has 0 fully saturated rings. The molecule has 0 aliphatic rings. The fourth-order valence-electron chi connectivity index (χ4n) is 1.93. The lowest BCUT2D eigenvalue weighted by molar-refractivity contribution is 0.0764. The Bertz CT molecular complexity index is 320. The summed E-state index contributed by atoms with van der Waals surface area (Å²) in [7, 11) is 1.70. The average molecular weight is 240 g/mol. The van der Waals surface area contributed by atoms with Crippen molar-refractivity contribution in [2.75, 3.05) is 7.11 Å². The van der Waals surface area contributed by atoms with Crippen molar-refractivity contribution in [1.29, 1.82) is 0 Å². The van der Waals surface area contributed by atoms with Gasteiger partial charge in [-0.3, -0.25) is 0 Å². The summed E-state index contributed by atoms with van der Waals surface area (Å²) in [6.07, 6.45) is 3.30. The predicted octanol–water partition coefficient (Wildman–Crippen LogP) is 1.23. The van der Waals surface area contributed by atoms with Gasteiger partial charge in [-0.1, -0.05) is 20.8 Å². The fraction of sp³-hybridized carbons (Fsp3) is 0.833. The van der Waals surface area contributed by atoms with Crippen LogP contribution in [0.15, 0.2) is 6.33 Å². The average Bonchev–Trinajstić information content (AvgIpc) is 2.66. The topological polar surface area (TPSA) is 66.0 Å². The van der Waals surface area contributed by atoms with E-state index in [9.17, 15) is 0 Å². The van der Waals surface area contributed by atoms with Crippen LogP contribution in [-0.2, 0) is 17.7 Å². The third kappa shape index (κ3) is 4.09. The molecule has 1 aromatic heterocycles. The van der Waals surface area contributed by atoms with Crippen molar-refractivity contribution < 1.29 is 4.74 Å². The van der Waals surface area contributed by atoms with Crippen LogP contribution < -0.4 is 5.73 Å². The Kier molecular flexibility index (Phi) is 5.58. The van der Waals surface area contributed by atoms with E-state index in [-0.39, 0.29) is 12.1 Å². The number of methoxy groups -OCH3 is 1. The van der Waals surface area contributed by atoms with Crippen LogP contribution in [0.3, 0.4) is 0 Å². The van der Waals surface area contributed by atoms with Crippen LogP contribution in [0.25, 0.3) is 0 Å². The molecule has 0 saturated carbocycles. The van der Waals surface area contributed by atoms with Gasteiger partial charge in [0, 0.05) is 26.1 Å². The monoisotopic (exact) mass is 240 g/mol. The van der Waals surface area contributed by atoms with Gasteiger partial charge in [0.2, 0.25) is 0 Å². The molecule has 0 spiro atoms. The molecule has 98 valence electrons. The first-order chi connectivity index (χ1) is 8.08. The lowest BCUT2D eigenvalue weighted by Crippen LogP contribution is -2.38. The minimum atomic E-state index is -0.0277. The van der Waals surface area contributed by atoms with E-state index in [4.69, 9.17) is 10.5 Å². The van der Waals surface area contributed by atoms with Gasteiger partial charge in [-0.05, 0) is 12.3 Å². The van der Waals surface area contributed by atoms with Gasteiger partial charge in [-0.2, -0.15) is 5.10 Å². The number of hydrogen-bond donors (Lipinski definition) is 1. The molecule has 17 heavy (non-hydrogen) atoms. The number of aromatic nitrogens is 3. The van der Waals surface area contributed by atoms with Gasteiger partial charge in [0.1, 0.15) is 12.2 Å². The molecular formula is C12H24N4O. The van der Waals surface area contributed by atoms with Crippen LogP contribution in [0, 0.1) is 5.92 Å². The standard InChI is InChI=1S/C12H24N4O/c1-5-11(17-4)10(13)6-12-14-8-15-16(12)7-9(2)3/h8-11H,5-7,13H2,1-4H3. The molecule has 0 aliphatic carbocycles. The van der Waals surface area contributed by atoms with E-state index in [1.165, 1.54) is 0 Å². The van der Waals surface area contributed by atoms with Crippen molar-refractivity contribution in [1.82, 2.24) is 14.8 Å². The Morgan fingerprint density at radius 3 is 2.71 bits per heavy atom. The summed E-state index contributed by atoms with van der Waals surface area (Å²) >= 11 is 0. The number of nitrogens with zero attached hydrogens (tertiary/aromatic N) is 3. The van der Waals surface area contributed by atoms with E-state index in [2.05, 4.69) is 30.9 Å². The zero-order valence-corrected chi connectivity index (χ0v) is 11.3. The van der Waals surface area contributed by atoms with E-state index in [0.717, 1.165) is 18.8 Å². The van der Waals surface area contributed by atoms with Crippen molar-refractivity contribution in [3.8, 4) is 0 Å². The highest BCUT2D eigenvalue weighted by Gasteiger charge is 2.18. The Balaban J connectivity index is 2.64. The lowest BCUT2D eigenvalue weighted by atomic mass is 10.1. The van der Waals surface area contributed by atoms with Crippen LogP contribution >= 0.6 is 0 Å². The highest BCUT2D eigenvalue weighted by Crippen LogP contribution is 2.08. The first-order valence-electron chi connectivity index (χ1n) is 6.23. The normalized spacial score (nSPS) is 15.2. The van der Waals surface area contributed by atoms with Gasteiger partial charge in [0.15, 0.2) is 0 Å². The van der Waals surface area contributed by atoms with Gasteiger partial charge < -0.3 is 10.5 Å². The maximum absolute atomic E-state index is 6.12. The third-order valence-electron chi connectivity index (χ3n) is 2.83. The Morgan fingerprint density at radius 1 is 1.47 bits per heavy atom. The number of hydrogen-bond acceptors (Lipinski definition) is 4. The number of rotatable bonds is 7. The minimum absolute atomic E-state index is 0.0277. The predicted molar refractivity (Wildman–Crippen MR) is 67.6 cm³/mol. The van der Waals surface area contributed by atoms with Crippen molar-refractivity contribution in [2.45, 2.75) is 52.3 Å². The molecule has 2 N–H and O–H groups in total. The molecule has 5 heteroatoms. The third-order valence-corrected chi connectivity index (χ3v) is 2.83. The van der Waals surface area contributed by atoms with Crippen LogP contribution in [0.2, 0.25) is 0 Å². The maximum atomic E-state index is 6.12. The van der Waals surface area contributed by atoms with Gasteiger partial charge in [-0.15, -0.1) is 0 Å². The van der Waals surface area contributed by atoms with Crippen LogP contribution in [0.5, 0.6) is 0 Å². The Labute approximate surface area is 103 Å². The Hall–Kier alpha value is -0.940. The highest BCUT2D eigenvalue weighted by atomic mass is 16.5. The molecule has 1 aromatic rings. The largest absolute Gasteiger partial charge is 0.380 e. The van der Waals surface area contributed by atoms with E-state index in [0.29, 0.717) is 12.3 Å². The molecule has 0 radical (unpaired) electrons. The second-order valence-electron chi connectivity index (χ2n) is 4.80. The van der Waals surface area contributed by atoms with E-state index >= 15 is 0 Å². The summed E-state index contributed by atoms with van der Waals surface area (Å²) < 4.78 is 7.29. The van der Waals surface area contributed by atoms with E-state index < -0.39 is 0 Å². The molecule has 0 amide bonds. The molecule has 1 heterocycles. The first-order valence-corrected chi connectivity index (χ1v) is 6.23. The van der Waals surface area contributed by atoms with E-state index in [1.807, 2.05) is 4.68 Å². The number of ether oxygens (including phenoxy) is 1. The van der Waals surface area contributed by atoms with Crippen molar-refractivity contribution in [2.24, 2.45) is 11.7 Å². The van der Waals surface area contributed by atoms with Gasteiger partial charge in [0.25, 0.3) is 0 Å². The highest BCUT2D eigenvalue weighted by molar-refractivity contribution is 4.91. The van der Waals surface area contributed by atoms with Crippen LogP contribution in [-0.4, -0.2) is 34.0 Å². The fourth-order valence-corrected chi connectivity index (χ4v) is 1.93. The summed E-state index contributed by atoms with van der Waals surface area (Å²) in [5.41, 5.74) is 6.12. The molecule has 0 saturated heterocycles. The van der Waals surface area contributed by atoms with Crippen molar-refractivity contribution in [3.63, 3.8) is 0 Å².